The summed E-state index contributed by atoms with van der Waals surface area (Å²) in [5.74, 6) is 1.16. The van der Waals surface area contributed by atoms with Crippen LogP contribution < -0.4 is 10.1 Å². The maximum atomic E-state index is 11.8. The van der Waals surface area contributed by atoms with Crippen LogP contribution in [0.5, 0.6) is 5.75 Å². The third kappa shape index (κ3) is 3.03. The Morgan fingerprint density at radius 3 is 2.72 bits per heavy atom. The molecule has 1 saturated carbocycles. The van der Waals surface area contributed by atoms with Gasteiger partial charge in [0.2, 0.25) is 5.91 Å². The second kappa shape index (κ2) is 5.42. The Morgan fingerprint density at radius 2 is 2.17 bits per heavy atom. The van der Waals surface area contributed by atoms with Crippen LogP contribution in [-0.4, -0.2) is 12.0 Å². The Bertz CT molecular complexity index is 436. The predicted molar refractivity (Wildman–Crippen MR) is 72.9 cm³/mol. The Morgan fingerprint density at radius 1 is 1.44 bits per heavy atom. The van der Waals surface area contributed by atoms with Crippen molar-refractivity contribution < 1.29 is 9.53 Å². The van der Waals surface area contributed by atoms with Crippen LogP contribution in [-0.2, 0) is 11.2 Å². The van der Waals surface area contributed by atoms with Crippen LogP contribution in [0.3, 0.4) is 0 Å². The number of aryl methyl sites for hydroxylation is 1. The lowest BCUT2D eigenvalue weighted by atomic mass is 10.1. The molecule has 1 aliphatic rings. The second-order valence-corrected chi connectivity index (χ2v) is 5.08. The highest BCUT2D eigenvalue weighted by Crippen LogP contribution is 2.34. The number of amides is 1. The van der Waals surface area contributed by atoms with E-state index in [1.54, 1.807) is 0 Å². The molecule has 0 atom stereocenters. The molecule has 3 heteroatoms. The fraction of sp³-hybridized carbons (Fsp3) is 0.533. The summed E-state index contributed by atoms with van der Waals surface area (Å²) >= 11 is 0. The summed E-state index contributed by atoms with van der Waals surface area (Å²) in [6, 6.07) is 5.93. The van der Waals surface area contributed by atoms with Gasteiger partial charge < -0.3 is 10.1 Å². The average molecular weight is 247 g/mol. The molecule has 0 unspecified atom stereocenters. The first-order valence-corrected chi connectivity index (χ1v) is 6.71. The van der Waals surface area contributed by atoms with E-state index in [4.69, 9.17) is 4.74 Å². The number of benzene rings is 1. The van der Waals surface area contributed by atoms with Gasteiger partial charge in [-0.25, -0.2) is 0 Å². The monoisotopic (exact) mass is 247 g/mol. The van der Waals surface area contributed by atoms with E-state index in [0.717, 1.165) is 36.3 Å². The molecule has 18 heavy (non-hydrogen) atoms. The molecule has 98 valence electrons. The maximum Gasteiger partial charge on any atom is 0.227 e. The zero-order valence-electron chi connectivity index (χ0n) is 11.3. The Balaban J connectivity index is 2.23. The van der Waals surface area contributed by atoms with Crippen molar-refractivity contribution in [2.75, 3.05) is 5.32 Å². The van der Waals surface area contributed by atoms with Crippen LogP contribution in [0, 0.1) is 5.92 Å². The highest BCUT2D eigenvalue weighted by molar-refractivity contribution is 5.95. The molecule has 1 amide bonds. The summed E-state index contributed by atoms with van der Waals surface area (Å²) in [5.41, 5.74) is 1.94. The summed E-state index contributed by atoms with van der Waals surface area (Å²) < 4.78 is 5.85. The smallest absolute Gasteiger partial charge is 0.227 e. The molecule has 0 radical (unpaired) electrons. The van der Waals surface area contributed by atoms with E-state index in [-0.39, 0.29) is 17.9 Å². The van der Waals surface area contributed by atoms with Crippen molar-refractivity contribution in [1.82, 2.24) is 0 Å². The van der Waals surface area contributed by atoms with Crippen molar-refractivity contribution in [1.29, 1.82) is 0 Å². The zero-order chi connectivity index (χ0) is 13.1. The third-order valence-electron chi connectivity index (χ3n) is 3.04. The van der Waals surface area contributed by atoms with E-state index in [1.807, 2.05) is 32.0 Å². The molecule has 0 spiro atoms. The van der Waals surface area contributed by atoms with Gasteiger partial charge in [-0.05, 0) is 44.7 Å². The molecule has 1 aromatic carbocycles. The first-order chi connectivity index (χ1) is 8.61. The lowest BCUT2D eigenvalue weighted by Crippen LogP contribution is -2.16. The number of para-hydroxylation sites is 1. The molecule has 3 nitrogen and oxygen atoms in total. The van der Waals surface area contributed by atoms with Crippen molar-refractivity contribution in [3.63, 3.8) is 0 Å². The van der Waals surface area contributed by atoms with Crippen LogP contribution >= 0.6 is 0 Å². The number of carbonyl (C=O) groups excluding carboxylic acids is 1. The van der Waals surface area contributed by atoms with E-state index in [1.165, 1.54) is 0 Å². The first-order valence-electron chi connectivity index (χ1n) is 6.71. The van der Waals surface area contributed by atoms with Gasteiger partial charge in [0, 0.05) is 5.92 Å². The van der Waals surface area contributed by atoms with Gasteiger partial charge in [0.15, 0.2) is 0 Å². The number of carbonyl (C=O) groups is 1. The number of anilines is 1. The van der Waals surface area contributed by atoms with Crippen molar-refractivity contribution in [2.24, 2.45) is 5.92 Å². The van der Waals surface area contributed by atoms with Crippen LogP contribution in [0.2, 0.25) is 0 Å². The number of hydrogen-bond acceptors (Lipinski definition) is 2. The minimum absolute atomic E-state index is 0.106. The molecule has 1 aliphatic carbocycles. The van der Waals surface area contributed by atoms with Gasteiger partial charge in [-0.3, -0.25) is 4.79 Å². The fourth-order valence-corrected chi connectivity index (χ4v) is 1.92. The standard InChI is InChI=1S/C15H21NO2/c1-4-11-6-5-7-13(14(11)18-10(2)3)16-15(17)12-8-9-12/h5-7,10,12H,4,8-9H2,1-3H3,(H,16,17). The van der Waals surface area contributed by atoms with Crippen LogP contribution in [0.4, 0.5) is 5.69 Å². The Kier molecular flexibility index (Phi) is 3.90. The Hall–Kier alpha value is -1.51. The van der Waals surface area contributed by atoms with Crippen LogP contribution in [0.1, 0.15) is 39.2 Å². The van der Waals surface area contributed by atoms with Crippen molar-refractivity contribution in [3.8, 4) is 5.75 Å². The van der Waals surface area contributed by atoms with Gasteiger partial charge in [-0.2, -0.15) is 0 Å². The molecule has 0 aromatic heterocycles. The largest absolute Gasteiger partial charge is 0.489 e. The number of hydrogen-bond donors (Lipinski definition) is 1. The topological polar surface area (TPSA) is 38.3 Å². The van der Waals surface area contributed by atoms with Crippen LogP contribution in [0.25, 0.3) is 0 Å². The molecule has 0 heterocycles. The second-order valence-electron chi connectivity index (χ2n) is 5.08. The zero-order valence-corrected chi connectivity index (χ0v) is 11.3. The predicted octanol–water partition coefficient (Wildman–Crippen LogP) is 3.38. The Labute approximate surface area is 109 Å². The highest BCUT2D eigenvalue weighted by atomic mass is 16.5. The van der Waals surface area contributed by atoms with Crippen molar-refractivity contribution in [3.05, 3.63) is 23.8 Å². The quantitative estimate of drug-likeness (QED) is 0.866. The molecule has 0 aliphatic heterocycles. The van der Waals surface area contributed by atoms with Gasteiger partial charge in [-0.15, -0.1) is 0 Å². The molecule has 2 rings (SSSR count). The maximum absolute atomic E-state index is 11.8. The fourth-order valence-electron chi connectivity index (χ4n) is 1.92. The van der Waals surface area contributed by atoms with Crippen LogP contribution in [0.15, 0.2) is 18.2 Å². The number of rotatable bonds is 5. The van der Waals surface area contributed by atoms with Gasteiger partial charge in [0.1, 0.15) is 5.75 Å². The van der Waals surface area contributed by atoms with E-state index in [9.17, 15) is 4.79 Å². The molecular weight excluding hydrogens is 226 g/mol. The number of nitrogens with one attached hydrogen (secondary N) is 1. The van der Waals surface area contributed by atoms with E-state index < -0.39 is 0 Å². The summed E-state index contributed by atoms with van der Waals surface area (Å²) in [5, 5.41) is 2.99. The highest BCUT2D eigenvalue weighted by Gasteiger charge is 2.30. The van der Waals surface area contributed by atoms with Gasteiger partial charge in [-0.1, -0.05) is 19.1 Å². The van der Waals surface area contributed by atoms with Crippen molar-refractivity contribution >= 4 is 11.6 Å². The van der Waals surface area contributed by atoms with Gasteiger partial charge in [0.25, 0.3) is 0 Å². The molecule has 0 bridgehead atoms. The van der Waals surface area contributed by atoms with Crippen molar-refractivity contribution in [2.45, 2.75) is 46.1 Å². The first kappa shape index (κ1) is 12.9. The lowest BCUT2D eigenvalue weighted by molar-refractivity contribution is -0.117. The SMILES string of the molecule is CCc1cccc(NC(=O)C2CC2)c1OC(C)C. The molecule has 0 saturated heterocycles. The third-order valence-corrected chi connectivity index (χ3v) is 3.04. The van der Waals surface area contributed by atoms with E-state index >= 15 is 0 Å². The lowest BCUT2D eigenvalue weighted by Gasteiger charge is -2.18. The van der Waals surface area contributed by atoms with Gasteiger partial charge >= 0.3 is 0 Å². The molecule has 1 fully saturated rings. The number of ether oxygens (including phenoxy) is 1. The summed E-state index contributed by atoms with van der Waals surface area (Å²) in [6.07, 6.45) is 3.03. The summed E-state index contributed by atoms with van der Waals surface area (Å²) in [4.78, 5) is 11.8. The molecule has 1 N–H and O–H groups in total. The van der Waals surface area contributed by atoms with Gasteiger partial charge in [0.05, 0.1) is 11.8 Å². The van der Waals surface area contributed by atoms with E-state index in [0.29, 0.717) is 0 Å². The minimum atomic E-state index is 0.106. The minimum Gasteiger partial charge on any atom is -0.489 e. The van der Waals surface area contributed by atoms with E-state index in [2.05, 4.69) is 12.2 Å². The summed E-state index contributed by atoms with van der Waals surface area (Å²) in [6.45, 7) is 6.09. The molecule has 1 aromatic rings. The average Bonchev–Trinajstić information content (AvgIpc) is 3.14. The normalized spacial score (nSPS) is 14.7. The molecular formula is C15H21NO2. The summed E-state index contributed by atoms with van der Waals surface area (Å²) in [7, 11) is 0.